The van der Waals surface area contributed by atoms with Gasteiger partial charge in [0.1, 0.15) is 11.8 Å². The number of nitrogens with zero attached hydrogens (tertiary/aromatic N) is 1. The van der Waals surface area contributed by atoms with E-state index in [-0.39, 0.29) is 10.8 Å². The summed E-state index contributed by atoms with van der Waals surface area (Å²) in [6.45, 7) is 2.24. The maximum atomic E-state index is 12.9. The van der Waals surface area contributed by atoms with E-state index in [0.29, 0.717) is 30.8 Å². The van der Waals surface area contributed by atoms with Crippen LogP contribution in [0.4, 0.5) is 5.69 Å². The van der Waals surface area contributed by atoms with Crippen LogP contribution in [-0.4, -0.2) is 38.3 Å². The molecule has 1 atom stereocenters. The van der Waals surface area contributed by atoms with Crippen molar-refractivity contribution in [3.63, 3.8) is 0 Å². The number of carbonyl (C=O) groups is 1. The van der Waals surface area contributed by atoms with Gasteiger partial charge in [-0.25, -0.2) is 8.42 Å². The third kappa shape index (κ3) is 3.73. The quantitative estimate of drug-likeness (QED) is 0.873. The monoisotopic (exact) mass is 374 g/mol. The molecule has 6 nitrogen and oxygen atoms in total. The Hall–Kier alpha value is -2.38. The molecule has 0 aromatic heterocycles. The number of rotatable bonds is 5. The molecule has 2 aromatic carbocycles. The Kier molecular flexibility index (Phi) is 5.29. The highest BCUT2D eigenvalue weighted by atomic mass is 32.2. The second kappa shape index (κ2) is 7.47. The minimum Gasteiger partial charge on any atom is -0.497 e. The first-order valence-corrected chi connectivity index (χ1v) is 9.89. The summed E-state index contributed by atoms with van der Waals surface area (Å²) in [5.41, 5.74) is 1.59. The van der Waals surface area contributed by atoms with E-state index in [1.807, 2.05) is 6.92 Å². The predicted octanol–water partition coefficient (Wildman–Crippen LogP) is 2.80. The Bertz CT molecular complexity index is 877. The van der Waals surface area contributed by atoms with Gasteiger partial charge in [0.25, 0.3) is 0 Å². The van der Waals surface area contributed by atoms with Crippen molar-refractivity contribution in [1.29, 1.82) is 0 Å². The fourth-order valence-corrected chi connectivity index (χ4v) is 4.69. The number of anilines is 1. The molecular weight excluding hydrogens is 352 g/mol. The van der Waals surface area contributed by atoms with Crippen molar-refractivity contribution >= 4 is 21.6 Å². The molecule has 0 unspecified atom stereocenters. The van der Waals surface area contributed by atoms with Gasteiger partial charge in [-0.3, -0.25) is 4.79 Å². The lowest BCUT2D eigenvalue weighted by Gasteiger charge is -2.23. The van der Waals surface area contributed by atoms with E-state index in [1.54, 1.807) is 55.6 Å². The van der Waals surface area contributed by atoms with E-state index in [2.05, 4.69) is 5.32 Å². The molecular formula is C19H22N2O4S. The van der Waals surface area contributed by atoms with Gasteiger partial charge in [0, 0.05) is 12.2 Å². The molecule has 1 amide bonds. The highest BCUT2D eigenvalue weighted by Crippen LogP contribution is 2.27. The highest BCUT2D eigenvalue weighted by molar-refractivity contribution is 7.89. The van der Waals surface area contributed by atoms with Crippen LogP contribution in [0.15, 0.2) is 53.4 Å². The topological polar surface area (TPSA) is 75.7 Å². The van der Waals surface area contributed by atoms with Crippen molar-refractivity contribution in [3.8, 4) is 5.75 Å². The maximum absolute atomic E-state index is 12.9. The minimum absolute atomic E-state index is 0.215. The normalized spacial score (nSPS) is 17.8. The Balaban J connectivity index is 1.78. The zero-order chi connectivity index (χ0) is 18.7. The number of aryl methyl sites for hydroxylation is 1. The lowest BCUT2D eigenvalue weighted by molar-refractivity contribution is -0.119. The van der Waals surface area contributed by atoms with E-state index in [4.69, 9.17) is 4.74 Å². The SMILES string of the molecule is COc1ccc(NC(=O)[C@H]2CCCN2S(=O)(=O)c2ccc(C)cc2)cc1. The number of sulfonamides is 1. The summed E-state index contributed by atoms with van der Waals surface area (Å²) in [6, 6.07) is 12.9. The molecule has 138 valence electrons. The lowest BCUT2D eigenvalue weighted by atomic mass is 10.2. The molecule has 1 aliphatic rings. The zero-order valence-corrected chi connectivity index (χ0v) is 15.6. The summed E-state index contributed by atoms with van der Waals surface area (Å²) in [5, 5.41) is 2.80. The van der Waals surface area contributed by atoms with E-state index < -0.39 is 16.1 Å². The van der Waals surface area contributed by atoms with Gasteiger partial charge in [0.05, 0.1) is 12.0 Å². The smallest absolute Gasteiger partial charge is 0.243 e. The molecule has 1 heterocycles. The number of hydrogen-bond acceptors (Lipinski definition) is 4. The Morgan fingerprint density at radius 3 is 2.38 bits per heavy atom. The zero-order valence-electron chi connectivity index (χ0n) is 14.8. The van der Waals surface area contributed by atoms with Crippen LogP contribution in [0.1, 0.15) is 18.4 Å². The number of methoxy groups -OCH3 is 1. The molecule has 0 saturated carbocycles. The minimum atomic E-state index is -3.70. The van der Waals surface area contributed by atoms with Crippen molar-refractivity contribution in [3.05, 3.63) is 54.1 Å². The number of carbonyl (C=O) groups excluding carboxylic acids is 1. The summed E-state index contributed by atoms with van der Waals surface area (Å²) in [7, 11) is -2.13. The number of nitrogens with one attached hydrogen (secondary N) is 1. The molecule has 2 aromatic rings. The Morgan fingerprint density at radius 2 is 1.77 bits per heavy atom. The van der Waals surface area contributed by atoms with E-state index in [1.165, 1.54) is 4.31 Å². The van der Waals surface area contributed by atoms with Gasteiger partial charge in [0.2, 0.25) is 15.9 Å². The summed E-state index contributed by atoms with van der Waals surface area (Å²) in [4.78, 5) is 12.9. The van der Waals surface area contributed by atoms with Gasteiger partial charge in [-0.15, -0.1) is 0 Å². The van der Waals surface area contributed by atoms with Gasteiger partial charge >= 0.3 is 0 Å². The standard InChI is InChI=1S/C19H22N2O4S/c1-14-5-11-17(12-6-14)26(23,24)21-13-3-4-18(21)19(22)20-15-7-9-16(25-2)10-8-15/h5-12,18H,3-4,13H2,1-2H3,(H,20,22)/t18-/m1/s1. The molecule has 0 spiro atoms. The lowest BCUT2D eigenvalue weighted by Crippen LogP contribution is -2.43. The van der Waals surface area contributed by atoms with Crippen LogP contribution in [0.3, 0.4) is 0 Å². The second-order valence-electron chi connectivity index (χ2n) is 6.30. The molecule has 3 rings (SSSR count). The molecule has 1 saturated heterocycles. The van der Waals surface area contributed by atoms with Crippen molar-refractivity contribution in [1.82, 2.24) is 4.31 Å². The average molecular weight is 374 g/mol. The average Bonchev–Trinajstić information content (AvgIpc) is 3.13. The summed E-state index contributed by atoms with van der Waals surface area (Å²) in [5.74, 6) is 0.371. The third-order valence-corrected chi connectivity index (χ3v) is 6.41. The molecule has 0 bridgehead atoms. The van der Waals surface area contributed by atoms with Crippen LogP contribution >= 0.6 is 0 Å². The second-order valence-corrected chi connectivity index (χ2v) is 8.20. The van der Waals surface area contributed by atoms with Crippen molar-refractivity contribution in [2.45, 2.75) is 30.7 Å². The first-order chi connectivity index (χ1) is 12.4. The summed E-state index contributed by atoms with van der Waals surface area (Å²) >= 11 is 0. The fourth-order valence-electron chi connectivity index (χ4n) is 3.04. The maximum Gasteiger partial charge on any atom is 0.243 e. The number of hydrogen-bond donors (Lipinski definition) is 1. The van der Waals surface area contributed by atoms with E-state index >= 15 is 0 Å². The first kappa shape index (κ1) is 18.4. The number of amides is 1. The van der Waals surface area contributed by atoms with Crippen LogP contribution in [0.25, 0.3) is 0 Å². The molecule has 0 radical (unpaired) electrons. The third-order valence-electron chi connectivity index (χ3n) is 4.49. The summed E-state index contributed by atoms with van der Waals surface area (Å²) < 4.78 is 32.2. The van der Waals surface area contributed by atoms with Gasteiger partial charge in [0.15, 0.2) is 0 Å². The number of benzene rings is 2. The van der Waals surface area contributed by atoms with Crippen LogP contribution in [0.2, 0.25) is 0 Å². The molecule has 1 aliphatic heterocycles. The fraction of sp³-hybridized carbons (Fsp3) is 0.316. The van der Waals surface area contributed by atoms with Gasteiger partial charge in [-0.1, -0.05) is 17.7 Å². The molecule has 26 heavy (non-hydrogen) atoms. The van der Waals surface area contributed by atoms with Gasteiger partial charge in [-0.2, -0.15) is 4.31 Å². The van der Waals surface area contributed by atoms with Crippen LogP contribution in [-0.2, 0) is 14.8 Å². The van der Waals surface area contributed by atoms with Crippen molar-refractivity contribution < 1.29 is 17.9 Å². The first-order valence-electron chi connectivity index (χ1n) is 8.45. The molecule has 1 N–H and O–H groups in total. The highest BCUT2D eigenvalue weighted by Gasteiger charge is 2.39. The Morgan fingerprint density at radius 1 is 1.12 bits per heavy atom. The van der Waals surface area contributed by atoms with Gasteiger partial charge in [-0.05, 0) is 56.2 Å². The largest absolute Gasteiger partial charge is 0.497 e. The predicted molar refractivity (Wildman–Crippen MR) is 99.7 cm³/mol. The Labute approximate surface area is 153 Å². The van der Waals surface area contributed by atoms with Gasteiger partial charge < -0.3 is 10.1 Å². The van der Waals surface area contributed by atoms with Crippen LogP contribution in [0.5, 0.6) is 5.75 Å². The van der Waals surface area contributed by atoms with Crippen molar-refractivity contribution in [2.24, 2.45) is 0 Å². The van der Waals surface area contributed by atoms with Crippen molar-refractivity contribution in [2.75, 3.05) is 19.0 Å². The van der Waals surface area contributed by atoms with Crippen LogP contribution < -0.4 is 10.1 Å². The number of ether oxygens (including phenoxy) is 1. The molecule has 7 heteroatoms. The van der Waals surface area contributed by atoms with E-state index in [0.717, 1.165) is 5.56 Å². The summed E-state index contributed by atoms with van der Waals surface area (Å²) in [6.07, 6.45) is 1.17. The van der Waals surface area contributed by atoms with Crippen LogP contribution in [0, 0.1) is 6.92 Å². The molecule has 1 fully saturated rings. The molecule has 0 aliphatic carbocycles. The van der Waals surface area contributed by atoms with E-state index in [9.17, 15) is 13.2 Å².